The van der Waals surface area contributed by atoms with Gasteiger partial charge in [0.15, 0.2) is 5.82 Å². The predicted octanol–water partition coefficient (Wildman–Crippen LogP) is 1.83. The van der Waals surface area contributed by atoms with Crippen LogP contribution in [0.3, 0.4) is 0 Å². The van der Waals surface area contributed by atoms with Crippen LogP contribution in [0, 0.1) is 0 Å². The molecule has 0 saturated heterocycles. The Balaban J connectivity index is 2.62. The molecule has 18 heavy (non-hydrogen) atoms. The van der Waals surface area contributed by atoms with Crippen LogP contribution < -0.4 is 5.73 Å². The summed E-state index contributed by atoms with van der Waals surface area (Å²) in [5, 5.41) is 12.6. The second kappa shape index (κ2) is 4.44. The Hall–Kier alpha value is -1.85. The summed E-state index contributed by atoms with van der Waals surface area (Å²) in [4.78, 5) is 0. The molecule has 2 heterocycles. The Morgan fingerprint density at radius 2 is 1.83 bits per heavy atom. The topological polar surface area (TPSA) is 74.5 Å². The minimum Gasteiger partial charge on any atom is -0.381 e. The molecule has 6 nitrogen and oxygen atoms in total. The Morgan fingerprint density at radius 1 is 1.17 bits per heavy atom. The number of nitrogens with zero attached hydrogens (tertiary/aromatic N) is 5. The van der Waals surface area contributed by atoms with Gasteiger partial charge in [-0.05, 0) is 11.8 Å². The van der Waals surface area contributed by atoms with Crippen molar-refractivity contribution in [3.8, 4) is 5.69 Å². The van der Waals surface area contributed by atoms with E-state index in [-0.39, 0.29) is 5.92 Å². The van der Waals surface area contributed by atoms with Gasteiger partial charge in [0.1, 0.15) is 5.69 Å². The fraction of sp³-hybridized carbons (Fsp3) is 0.583. The van der Waals surface area contributed by atoms with Gasteiger partial charge in [0.05, 0.1) is 17.6 Å². The summed E-state index contributed by atoms with van der Waals surface area (Å²) in [5.41, 5.74) is 8.79. The molecule has 2 aromatic heterocycles. The second-order valence-corrected chi connectivity index (χ2v) is 5.15. The van der Waals surface area contributed by atoms with Crippen molar-refractivity contribution in [1.29, 1.82) is 0 Å². The molecule has 0 aliphatic heterocycles. The van der Waals surface area contributed by atoms with E-state index in [2.05, 4.69) is 43.1 Å². The third-order valence-electron chi connectivity index (χ3n) is 2.89. The maximum absolute atomic E-state index is 5.89. The number of nitrogens with two attached hydrogens (primary N) is 1. The quantitative estimate of drug-likeness (QED) is 0.899. The lowest BCUT2D eigenvalue weighted by Gasteiger charge is -2.10. The van der Waals surface area contributed by atoms with E-state index in [0.717, 1.165) is 17.1 Å². The molecule has 0 radical (unpaired) electrons. The lowest BCUT2D eigenvalue weighted by atomic mass is 10.1. The first-order valence-corrected chi connectivity index (χ1v) is 6.16. The van der Waals surface area contributed by atoms with E-state index in [1.807, 2.05) is 17.9 Å². The van der Waals surface area contributed by atoms with Gasteiger partial charge in [0.25, 0.3) is 0 Å². The molecule has 2 rings (SSSR count). The van der Waals surface area contributed by atoms with Crippen LogP contribution in [-0.2, 0) is 7.05 Å². The molecule has 0 spiro atoms. The van der Waals surface area contributed by atoms with E-state index in [1.165, 1.54) is 0 Å². The van der Waals surface area contributed by atoms with Gasteiger partial charge in [-0.15, -0.1) is 5.10 Å². The Bertz CT molecular complexity index is 549. The summed E-state index contributed by atoms with van der Waals surface area (Å²) in [5.74, 6) is 1.08. The van der Waals surface area contributed by atoms with E-state index in [4.69, 9.17) is 5.73 Å². The van der Waals surface area contributed by atoms with Crippen molar-refractivity contribution in [2.24, 2.45) is 7.05 Å². The number of anilines is 1. The zero-order valence-electron chi connectivity index (χ0n) is 11.5. The molecule has 0 atom stereocenters. The van der Waals surface area contributed by atoms with Crippen LogP contribution in [0.1, 0.15) is 50.9 Å². The van der Waals surface area contributed by atoms with Gasteiger partial charge in [-0.3, -0.25) is 4.68 Å². The molecule has 2 aromatic rings. The minimum atomic E-state index is 0.264. The fourth-order valence-electron chi connectivity index (χ4n) is 2.09. The van der Waals surface area contributed by atoms with Crippen LogP contribution in [0.2, 0.25) is 0 Å². The standard InChI is InChI=1S/C12H20N6/c1-7(2)10-9(6-17(5)15-10)18-11(8(3)4)12(13)14-16-18/h6-8H,13H2,1-5H3. The summed E-state index contributed by atoms with van der Waals surface area (Å²) in [6.07, 6.45) is 1.95. The van der Waals surface area contributed by atoms with Crippen LogP contribution in [0.15, 0.2) is 6.20 Å². The van der Waals surface area contributed by atoms with Crippen molar-refractivity contribution < 1.29 is 0 Å². The maximum atomic E-state index is 5.89. The fourth-order valence-corrected chi connectivity index (χ4v) is 2.09. The average Bonchev–Trinajstić information content (AvgIpc) is 2.81. The number of rotatable bonds is 3. The van der Waals surface area contributed by atoms with Gasteiger partial charge >= 0.3 is 0 Å². The summed E-state index contributed by atoms with van der Waals surface area (Å²) >= 11 is 0. The number of nitrogen functional groups attached to an aromatic ring is 1. The monoisotopic (exact) mass is 248 g/mol. The van der Waals surface area contributed by atoms with E-state index in [9.17, 15) is 0 Å². The summed E-state index contributed by atoms with van der Waals surface area (Å²) in [6, 6.07) is 0. The van der Waals surface area contributed by atoms with Crippen molar-refractivity contribution in [3.05, 3.63) is 17.6 Å². The van der Waals surface area contributed by atoms with Crippen molar-refractivity contribution in [2.45, 2.75) is 39.5 Å². The third-order valence-corrected chi connectivity index (χ3v) is 2.89. The molecule has 0 bridgehead atoms. The highest BCUT2D eigenvalue weighted by atomic mass is 15.5. The first kappa shape index (κ1) is 12.6. The van der Waals surface area contributed by atoms with Crippen LogP contribution in [0.25, 0.3) is 5.69 Å². The van der Waals surface area contributed by atoms with E-state index < -0.39 is 0 Å². The minimum absolute atomic E-state index is 0.264. The van der Waals surface area contributed by atoms with Crippen molar-refractivity contribution in [3.63, 3.8) is 0 Å². The molecule has 0 saturated carbocycles. The van der Waals surface area contributed by atoms with Crippen LogP contribution in [0.5, 0.6) is 0 Å². The van der Waals surface area contributed by atoms with Crippen LogP contribution >= 0.6 is 0 Å². The average molecular weight is 248 g/mol. The Kier molecular flexibility index (Phi) is 3.11. The Morgan fingerprint density at radius 3 is 2.39 bits per heavy atom. The number of hydrogen-bond acceptors (Lipinski definition) is 4. The summed E-state index contributed by atoms with van der Waals surface area (Å²) < 4.78 is 3.61. The molecule has 0 aromatic carbocycles. The molecular formula is C12H20N6. The zero-order valence-corrected chi connectivity index (χ0v) is 11.5. The molecule has 0 unspecified atom stereocenters. The summed E-state index contributed by atoms with van der Waals surface area (Å²) in [7, 11) is 1.91. The smallest absolute Gasteiger partial charge is 0.169 e. The molecular weight excluding hydrogens is 228 g/mol. The van der Waals surface area contributed by atoms with E-state index in [1.54, 1.807) is 4.68 Å². The number of hydrogen-bond donors (Lipinski definition) is 1. The highest BCUT2D eigenvalue weighted by Crippen LogP contribution is 2.26. The summed E-state index contributed by atoms with van der Waals surface area (Å²) in [6.45, 7) is 8.39. The van der Waals surface area contributed by atoms with Gasteiger partial charge in [-0.25, -0.2) is 4.68 Å². The van der Waals surface area contributed by atoms with Crippen molar-refractivity contribution in [1.82, 2.24) is 24.8 Å². The van der Waals surface area contributed by atoms with Crippen molar-refractivity contribution in [2.75, 3.05) is 5.73 Å². The molecule has 0 aliphatic rings. The van der Waals surface area contributed by atoms with E-state index in [0.29, 0.717) is 11.7 Å². The largest absolute Gasteiger partial charge is 0.381 e. The molecule has 2 N–H and O–H groups in total. The molecule has 98 valence electrons. The Labute approximate surface area is 107 Å². The first-order chi connectivity index (χ1) is 8.41. The predicted molar refractivity (Wildman–Crippen MR) is 70.7 cm³/mol. The number of aromatic nitrogens is 5. The molecule has 0 amide bonds. The highest BCUT2D eigenvalue weighted by Gasteiger charge is 2.20. The molecule has 6 heteroatoms. The lowest BCUT2D eigenvalue weighted by Crippen LogP contribution is -2.07. The van der Waals surface area contributed by atoms with E-state index >= 15 is 0 Å². The van der Waals surface area contributed by atoms with Crippen LogP contribution in [0.4, 0.5) is 5.82 Å². The molecule has 0 aliphatic carbocycles. The van der Waals surface area contributed by atoms with Gasteiger partial charge in [0.2, 0.25) is 0 Å². The highest BCUT2D eigenvalue weighted by molar-refractivity contribution is 5.44. The number of aryl methyl sites for hydroxylation is 1. The molecule has 0 fully saturated rings. The van der Waals surface area contributed by atoms with Gasteiger partial charge in [0, 0.05) is 7.05 Å². The van der Waals surface area contributed by atoms with Crippen molar-refractivity contribution >= 4 is 5.82 Å². The van der Waals surface area contributed by atoms with Gasteiger partial charge in [-0.1, -0.05) is 32.9 Å². The second-order valence-electron chi connectivity index (χ2n) is 5.15. The SMILES string of the molecule is CC(C)c1nn(C)cc1-n1nnc(N)c1C(C)C. The first-order valence-electron chi connectivity index (χ1n) is 6.16. The lowest BCUT2D eigenvalue weighted by molar-refractivity contribution is 0.694. The van der Waals surface area contributed by atoms with Gasteiger partial charge in [-0.2, -0.15) is 5.10 Å². The van der Waals surface area contributed by atoms with Crippen LogP contribution in [-0.4, -0.2) is 24.8 Å². The van der Waals surface area contributed by atoms with Gasteiger partial charge < -0.3 is 5.73 Å². The zero-order chi connectivity index (χ0) is 13.4. The maximum Gasteiger partial charge on any atom is 0.169 e. The third kappa shape index (κ3) is 1.98. The normalized spacial score (nSPS) is 11.7.